The Hall–Kier alpha value is -0.410. The van der Waals surface area contributed by atoms with Gasteiger partial charge in [0.25, 0.3) is 0 Å². The Morgan fingerprint density at radius 2 is 2.31 bits per heavy atom. The summed E-state index contributed by atoms with van der Waals surface area (Å²) in [6.07, 6.45) is 2.70. The van der Waals surface area contributed by atoms with Gasteiger partial charge in [-0.3, -0.25) is 0 Å². The molecule has 1 aromatic rings. The van der Waals surface area contributed by atoms with Crippen molar-refractivity contribution >= 4 is 11.3 Å². The monoisotopic (exact) mass is 196 g/mol. The SMILES string of the molecule is CCNCc1sc(C)nc1C1CC1. The molecular weight excluding hydrogens is 180 g/mol. The van der Waals surface area contributed by atoms with E-state index in [0.717, 1.165) is 19.0 Å². The first-order valence-electron chi connectivity index (χ1n) is 4.98. The van der Waals surface area contributed by atoms with E-state index in [1.54, 1.807) is 0 Å². The fourth-order valence-electron chi connectivity index (χ4n) is 1.53. The summed E-state index contributed by atoms with van der Waals surface area (Å²) in [5, 5.41) is 4.59. The standard InChI is InChI=1S/C10H16N2S/c1-3-11-6-9-10(8-4-5-8)12-7(2)13-9/h8,11H,3-6H2,1-2H3. The lowest BCUT2D eigenvalue weighted by molar-refractivity contribution is 0.726. The smallest absolute Gasteiger partial charge is 0.0900 e. The van der Waals surface area contributed by atoms with Gasteiger partial charge in [-0.05, 0) is 26.3 Å². The van der Waals surface area contributed by atoms with Crippen LogP contribution in [0.25, 0.3) is 0 Å². The zero-order chi connectivity index (χ0) is 9.26. The zero-order valence-corrected chi connectivity index (χ0v) is 9.08. The van der Waals surface area contributed by atoms with Gasteiger partial charge in [0.15, 0.2) is 0 Å². The highest BCUT2D eigenvalue weighted by Gasteiger charge is 2.28. The molecule has 0 aromatic carbocycles. The summed E-state index contributed by atoms with van der Waals surface area (Å²) < 4.78 is 0. The summed E-state index contributed by atoms with van der Waals surface area (Å²) in [5.41, 5.74) is 1.38. The van der Waals surface area contributed by atoms with Crippen LogP contribution in [-0.4, -0.2) is 11.5 Å². The molecule has 0 bridgehead atoms. The fraction of sp³-hybridized carbons (Fsp3) is 0.700. The van der Waals surface area contributed by atoms with E-state index in [-0.39, 0.29) is 0 Å². The molecule has 1 aromatic heterocycles. The number of aryl methyl sites for hydroxylation is 1. The lowest BCUT2D eigenvalue weighted by atomic mass is 10.2. The molecule has 1 fully saturated rings. The van der Waals surface area contributed by atoms with Gasteiger partial charge < -0.3 is 5.32 Å². The number of hydrogen-bond donors (Lipinski definition) is 1. The van der Waals surface area contributed by atoms with Gasteiger partial charge in [-0.25, -0.2) is 4.98 Å². The largest absolute Gasteiger partial charge is 0.312 e. The second-order valence-corrected chi connectivity index (χ2v) is 4.88. The number of rotatable bonds is 4. The molecule has 72 valence electrons. The van der Waals surface area contributed by atoms with Crippen molar-refractivity contribution in [1.29, 1.82) is 0 Å². The number of nitrogens with one attached hydrogen (secondary N) is 1. The van der Waals surface area contributed by atoms with Gasteiger partial charge in [0.1, 0.15) is 0 Å². The molecule has 3 heteroatoms. The van der Waals surface area contributed by atoms with Crippen molar-refractivity contribution in [2.24, 2.45) is 0 Å². The van der Waals surface area contributed by atoms with Crippen LogP contribution < -0.4 is 5.32 Å². The van der Waals surface area contributed by atoms with Gasteiger partial charge >= 0.3 is 0 Å². The predicted octanol–water partition coefficient (Wildman–Crippen LogP) is 2.44. The molecule has 2 nitrogen and oxygen atoms in total. The van der Waals surface area contributed by atoms with Crippen molar-refractivity contribution in [2.45, 2.75) is 39.2 Å². The van der Waals surface area contributed by atoms with Crippen molar-refractivity contribution in [3.05, 3.63) is 15.6 Å². The molecule has 0 unspecified atom stereocenters. The van der Waals surface area contributed by atoms with Crippen LogP contribution >= 0.6 is 11.3 Å². The van der Waals surface area contributed by atoms with Crippen LogP contribution in [0, 0.1) is 6.92 Å². The third-order valence-corrected chi connectivity index (χ3v) is 3.32. The van der Waals surface area contributed by atoms with Crippen LogP contribution in [-0.2, 0) is 6.54 Å². The van der Waals surface area contributed by atoms with E-state index in [9.17, 15) is 0 Å². The van der Waals surface area contributed by atoms with E-state index in [1.807, 2.05) is 11.3 Å². The van der Waals surface area contributed by atoms with Crippen LogP contribution in [0.4, 0.5) is 0 Å². The van der Waals surface area contributed by atoms with Crippen LogP contribution in [0.15, 0.2) is 0 Å². The van der Waals surface area contributed by atoms with Crippen LogP contribution in [0.3, 0.4) is 0 Å². The summed E-state index contributed by atoms with van der Waals surface area (Å²) in [6, 6.07) is 0. The minimum atomic E-state index is 0.790. The van der Waals surface area contributed by atoms with E-state index in [0.29, 0.717) is 0 Å². The Morgan fingerprint density at radius 3 is 2.92 bits per heavy atom. The molecule has 0 saturated heterocycles. The molecule has 2 rings (SSSR count). The molecule has 1 aliphatic carbocycles. The van der Waals surface area contributed by atoms with E-state index >= 15 is 0 Å². The molecule has 1 aliphatic rings. The second-order valence-electron chi connectivity index (χ2n) is 3.60. The number of hydrogen-bond acceptors (Lipinski definition) is 3. The summed E-state index contributed by atoms with van der Waals surface area (Å²) in [6.45, 7) is 6.30. The average molecular weight is 196 g/mol. The highest BCUT2D eigenvalue weighted by atomic mass is 32.1. The topological polar surface area (TPSA) is 24.9 Å². The molecule has 0 spiro atoms. The van der Waals surface area contributed by atoms with Gasteiger partial charge in [0, 0.05) is 17.3 Å². The van der Waals surface area contributed by atoms with Crippen molar-refractivity contribution in [2.75, 3.05) is 6.54 Å². The first kappa shape index (κ1) is 9.16. The molecule has 1 N–H and O–H groups in total. The Balaban J connectivity index is 2.11. The van der Waals surface area contributed by atoms with E-state index in [4.69, 9.17) is 0 Å². The summed E-state index contributed by atoms with van der Waals surface area (Å²) in [5.74, 6) is 0.790. The third-order valence-electron chi connectivity index (χ3n) is 2.33. The summed E-state index contributed by atoms with van der Waals surface area (Å²) in [4.78, 5) is 6.06. The molecule has 0 radical (unpaired) electrons. The zero-order valence-electron chi connectivity index (χ0n) is 8.26. The highest BCUT2D eigenvalue weighted by Crippen LogP contribution is 2.42. The molecule has 0 atom stereocenters. The van der Waals surface area contributed by atoms with Gasteiger partial charge in [-0.1, -0.05) is 6.92 Å². The molecule has 0 amide bonds. The third kappa shape index (κ3) is 2.09. The van der Waals surface area contributed by atoms with Crippen molar-refractivity contribution in [3.63, 3.8) is 0 Å². The van der Waals surface area contributed by atoms with Crippen LogP contribution in [0.5, 0.6) is 0 Å². The molecular formula is C10H16N2S. The lowest BCUT2D eigenvalue weighted by Crippen LogP contribution is -2.11. The van der Waals surface area contributed by atoms with Crippen LogP contribution in [0.2, 0.25) is 0 Å². The maximum absolute atomic E-state index is 4.60. The van der Waals surface area contributed by atoms with E-state index in [2.05, 4.69) is 24.1 Å². The number of aromatic nitrogens is 1. The fourth-order valence-corrected chi connectivity index (χ4v) is 2.52. The normalized spacial score (nSPS) is 16.5. The Morgan fingerprint density at radius 1 is 1.54 bits per heavy atom. The minimum Gasteiger partial charge on any atom is -0.312 e. The highest BCUT2D eigenvalue weighted by molar-refractivity contribution is 7.11. The first-order valence-corrected chi connectivity index (χ1v) is 5.79. The summed E-state index contributed by atoms with van der Waals surface area (Å²) >= 11 is 1.85. The van der Waals surface area contributed by atoms with Crippen molar-refractivity contribution in [3.8, 4) is 0 Å². The lowest BCUT2D eigenvalue weighted by Gasteiger charge is -2.00. The summed E-state index contributed by atoms with van der Waals surface area (Å²) in [7, 11) is 0. The first-order chi connectivity index (χ1) is 6.31. The van der Waals surface area contributed by atoms with E-state index in [1.165, 1.54) is 28.4 Å². The minimum absolute atomic E-state index is 0.790. The molecule has 13 heavy (non-hydrogen) atoms. The predicted molar refractivity (Wildman–Crippen MR) is 56.2 cm³/mol. The average Bonchev–Trinajstić information content (AvgIpc) is 2.88. The quantitative estimate of drug-likeness (QED) is 0.800. The molecule has 0 aliphatic heterocycles. The number of thiazole rings is 1. The number of nitrogens with zero attached hydrogens (tertiary/aromatic N) is 1. The molecule has 1 saturated carbocycles. The Labute approximate surface area is 83.4 Å². The van der Waals surface area contributed by atoms with E-state index < -0.39 is 0 Å². The van der Waals surface area contributed by atoms with Crippen molar-refractivity contribution < 1.29 is 0 Å². The molecule has 1 heterocycles. The maximum Gasteiger partial charge on any atom is 0.0900 e. The van der Waals surface area contributed by atoms with Crippen molar-refractivity contribution in [1.82, 2.24) is 10.3 Å². The van der Waals surface area contributed by atoms with Gasteiger partial charge in [-0.2, -0.15) is 0 Å². The second kappa shape index (κ2) is 3.76. The van der Waals surface area contributed by atoms with Crippen LogP contribution in [0.1, 0.15) is 41.3 Å². The van der Waals surface area contributed by atoms with Gasteiger partial charge in [-0.15, -0.1) is 11.3 Å². The Kier molecular flexibility index (Phi) is 2.65. The maximum atomic E-state index is 4.60. The Bertz CT molecular complexity index is 289. The van der Waals surface area contributed by atoms with Gasteiger partial charge in [0.05, 0.1) is 10.7 Å². The van der Waals surface area contributed by atoms with Gasteiger partial charge in [0.2, 0.25) is 0 Å².